The minimum Gasteiger partial charge on any atom is -0.236 e. The van der Waals surface area contributed by atoms with Gasteiger partial charge in [0.15, 0.2) is 5.69 Å². The van der Waals surface area contributed by atoms with E-state index < -0.39 is 0 Å². The Balaban J connectivity index is 2.45. The number of hydrogen-bond donors (Lipinski definition) is 0. The van der Waals surface area contributed by atoms with Gasteiger partial charge in [-0.15, -0.1) is 0 Å². The van der Waals surface area contributed by atoms with Gasteiger partial charge in [0.05, 0.1) is 13.1 Å². The van der Waals surface area contributed by atoms with Crippen molar-refractivity contribution >= 4 is 0 Å². The zero-order valence-corrected chi connectivity index (χ0v) is 9.65. The average Bonchev–Trinajstić information content (AvgIpc) is 2.73. The molecule has 0 fully saturated rings. The fourth-order valence-corrected chi connectivity index (χ4v) is 1.79. The van der Waals surface area contributed by atoms with E-state index in [1.807, 2.05) is 12.1 Å². The van der Waals surface area contributed by atoms with Crippen molar-refractivity contribution in [1.82, 2.24) is 4.57 Å². The van der Waals surface area contributed by atoms with Crippen molar-refractivity contribution < 1.29 is 8.96 Å². The van der Waals surface area contributed by atoms with Crippen molar-refractivity contribution in [1.29, 1.82) is 0 Å². The van der Waals surface area contributed by atoms with Gasteiger partial charge < -0.3 is 0 Å². The second kappa shape index (κ2) is 4.47. The molecular formula is C13H16FN2+. The quantitative estimate of drug-likeness (QED) is 0.702. The van der Waals surface area contributed by atoms with Crippen LogP contribution in [0.25, 0.3) is 11.3 Å². The van der Waals surface area contributed by atoms with Crippen LogP contribution in [-0.4, -0.2) is 4.57 Å². The van der Waals surface area contributed by atoms with Crippen molar-refractivity contribution in [3.05, 3.63) is 42.6 Å². The molecule has 0 atom stereocenters. The van der Waals surface area contributed by atoms with Gasteiger partial charge in [0.25, 0.3) is 0 Å². The minimum absolute atomic E-state index is 0.193. The molecule has 0 unspecified atom stereocenters. The molecule has 16 heavy (non-hydrogen) atoms. The molecule has 3 heteroatoms. The van der Waals surface area contributed by atoms with Gasteiger partial charge in [-0.1, -0.05) is 0 Å². The predicted octanol–water partition coefficient (Wildman–Crippen LogP) is 2.62. The van der Waals surface area contributed by atoms with Crippen LogP contribution in [0.2, 0.25) is 0 Å². The molecule has 1 aromatic carbocycles. The van der Waals surface area contributed by atoms with E-state index in [1.54, 1.807) is 0 Å². The van der Waals surface area contributed by atoms with E-state index in [9.17, 15) is 4.39 Å². The molecule has 2 rings (SSSR count). The van der Waals surface area contributed by atoms with Crippen LogP contribution in [0.1, 0.15) is 13.8 Å². The lowest BCUT2D eigenvalue weighted by atomic mass is 10.1. The van der Waals surface area contributed by atoms with Crippen LogP contribution in [0.3, 0.4) is 0 Å². The van der Waals surface area contributed by atoms with Gasteiger partial charge in [-0.3, -0.25) is 0 Å². The third-order valence-corrected chi connectivity index (χ3v) is 2.73. The van der Waals surface area contributed by atoms with Crippen molar-refractivity contribution in [3.63, 3.8) is 0 Å². The molecule has 0 radical (unpaired) electrons. The van der Waals surface area contributed by atoms with Crippen LogP contribution in [0.4, 0.5) is 4.39 Å². The summed E-state index contributed by atoms with van der Waals surface area (Å²) in [6.45, 7) is 6.07. The van der Waals surface area contributed by atoms with Gasteiger partial charge in [0.2, 0.25) is 6.33 Å². The Labute approximate surface area is 95.0 Å². The summed E-state index contributed by atoms with van der Waals surface area (Å²) in [5, 5.41) is 0. The molecule has 0 spiro atoms. The van der Waals surface area contributed by atoms with E-state index in [-0.39, 0.29) is 5.82 Å². The van der Waals surface area contributed by atoms with Gasteiger partial charge in [-0.2, -0.15) is 0 Å². The first-order chi connectivity index (χ1) is 7.74. The number of halogens is 1. The zero-order valence-electron chi connectivity index (χ0n) is 9.65. The molecule has 2 aromatic rings. The monoisotopic (exact) mass is 219 g/mol. The molecule has 2 nitrogen and oxygen atoms in total. The molecule has 0 saturated heterocycles. The molecular weight excluding hydrogens is 203 g/mol. The van der Waals surface area contributed by atoms with Gasteiger partial charge in [0, 0.05) is 5.56 Å². The lowest BCUT2D eigenvalue weighted by Crippen LogP contribution is -2.28. The smallest absolute Gasteiger partial charge is 0.236 e. The second-order valence-electron chi connectivity index (χ2n) is 3.75. The highest BCUT2D eigenvalue weighted by molar-refractivity contribution is 5.57. The fraction of sp³-hybridized carbons (Fsp3) is 0.308. The first-order valence-electron chi connectivity index (χ1n) is 5.59. The van der Waals surface area contributed by atoms with Gasteiger partial charge in [-0.25, -0.2) is 13.5 Å². The lowest BCUT2D eigenvalue weighted by Gasteiger charge is -1.98. The number of benzene rings is 1. The van der Waals surface area contributed by atoms with E-state index in [0.29, 0.717) is 0 Å². The van der Waals surface area contributed by atoms with Crippen LogP contribution >= 0.6 is 0 Å². The first kappa shape index (κ1) is 10.9. The minimum atomic E-state index is -0.193. The third kappa shape index (κ3) is 1.98. The molecule has 84 valence electrons. The van der Waals surface area contributed by atoms with Crippen LogP contribution in [0.5, 0.6) is 0 Å². The molecule has 0 aliphatic rings. The SMILES string of the molecule is CCn1c[n+](CC)cc1-c1ccc(F)cc1. The van der Waals surface area contributed by atoms with Crippen LogP contribution < -0.4 is 4.57 Å². The molecule has 0 amide bonds. The van der Waals surface area contributed by atoms with E-state index >= 15 is 0 Å². The number of aromatic nitrogens is 2. The summed E-state index contributed by atoms with van der Waals surface area (Å²) in [4.78, 5) is 0. The summed E-state index contributed by atoms with van der Waals surface area (Å²) in [6.07, 6.45) is 4.18. The van der Waals surface area contributed by atoms with Gasteiger partial charge in [0.1, 0.15) is 12.0 Å². The summed E-state index contributed by atoms with van der Waals surface area (Å²) in [5.74, 6) is -0.193. The summed E-state index contributed by atoms with van der Waals surface area (Å²) >= 11 is 0. The Bertz CT molecular complexity index is 471. The largest absolute Gasteiger partial charge is 0.244 e. The highest BCUT2D eigenvalue weighted by atomic mass is 19.1. The lowest BCUT2D eigenvalue weighted by molar-refractivity contribution is -0.692. The maximum absolute atomic E-state index is 12.8. The predicted molar refractivity (Wildman–Crippen MR) is 61.4 cm³/mol. The fourth-order valence-electron chi connectivity index (χ4n) is 1.79. The molecule has 0 aliphatic carbocycles. The number of hydrogen-bond acceptors (Lipinski definition) is 0. The van der Waals surface area contributed by atoms with Crippen molar-refractivity contribution in [2.75, 3.05) is 0 Å². The average molecular weight is 219 g/mol. The van der Waals surface area contributed by atoms with Crippen LogP contribution in [0, 0.1) is 5.82 Å². The Morgan fingerprint density at radius 3 is 2.44 bits per heavy atom. The summed E-state index contributed by atoms with van der Waals surface area (Å²) in [7, 11) is 0. The summed E-state index contributed by atoms with van der Waals surface area (Å²) < 4.78 is 17.1. The highest BCUT2D eigenvalue weighted by Gasteiger charge is 2.12. The molecule has 0 aliphatic heterocycles. The Kier molecular flexibility index (Phi) is 3.04. The second-order valence-corrected chi connectivity index (χ2v) is 3.75. The summed E-state index contributed by atoms with van der Waals surface area (Å²) in [5.41, 5.74) is 2.18. The molecule has 0 N–H and O–H groups in total. The topological polar surface area (TPSA) is 8.81 Å². The maximum Gasteiger partial charge on any atom is 0.244 e. The Morgan fingerprint density at radius 1 is 1.19 bits per heavy atom. The molecule has 0 saturated carbocycles. The van der Waals surface area contributed by atoms with Crippen LogP contribution in [0.15, 0.2) is 36.8 Å². The van der Waals surface area contributed by atoms with E-state index in [0.717, 1.165) is 24.3 Å². The van der Waals surface area contributed by atoms with Crippen molar-refractivity contribution in [2.24, 2.45) is 0 Å². The van der Waals surface area contributed by atoms with Crippen LogP contribution in [-0.2, 0) is 13.1 Å². The number of nitrogens with zero attached hydrogens (tertiary/aromatic N) is 2. The molecule has 0 bridgehead atoms. The Morgan fingerprint density at radius 2 is 1.88 bits per heavy atom. The maximum atomic E-state index is 12.8. The standard InChI is InChI=1S/C13H16FN2/c1-3-15-9-13(16(4-2)10-15)11-5-7-12(14)8-6-11/h5-10H,3-4H2,1-2H3/q+1. The Hall–Kier alpha value is -1.64. The van der Waals surface area contributed by atoms with E-state index in [2.05, 4.69) is 35.5 Å². The molecule has 1 aromatic heterocycles. The normalized spacial score (nSPS) is 10.7. The number of imidazole rings is 1. The first-order valence-corrected chi connectivity index (χ1v) is 5.59. The molecule has 1 heterocycles. The number of aryl methyl sites for hydroxylation is 2. The van der Waals surface area contributed by atoms with Gasteiger partial charge in [-0.05, 0) is 38.1 Å². The van der Waals surface area contributed by atoms with E-state index in [1.165, 1.54) is 12.1 Å². The number of rotatable bonds is 3. The zero-order chi connectivity index (χ0) is 11.5. The van der Waals surface area contributed by atoms with Gasteiger partial charge >= 0.3 is 0 Å². The summed E-state index contributed by atoms with van der Waals surface area (Å²) in [6, 6.07) is 6.63. The third-order valence-electron chi connectivity index (χ3n) is 2.73. The van der Waals surface area contributed by atoms with E-state index in [4.69, 9.17) is 0 Å². The van der Waals surface area contributed by atoms with Crippen molar-refractivity contribution in [3.8, 4) is 11.3 Å². The van der Waals surface area contributed by atoms with Crippen molar-refractivity contribution in [2.45, 2.75) is 26.9 Å². The highest BCUT2D eigenvalue weighted by Crippen LogP contribution is 2.18.